The summed E-state index contributed by atoms with van der Waals surface area (Å²) in [4.78, 5) is 12.2. The van der Waals surface area contributed by atoms with Crippen LogP contribution in [0, 0.1) is 17.5 Å². The highest BCUT2D eigenvalue weighted by atomic mass is 19.2. The van der Waals surface area contributed by atoms with E-state index in [1.54, 1.807) is 12.1 Å². The Morgan fingerprint density at radius 3 is 2.14 bits per heavy atom. The van der Waals surface area contributed by atoms with Gasteiger partial charge < -0.3 is 0 Å². The van der Waals surface area contributed by atoms with Crippen molar-refractivity contribution in [3.05, 3.63) is 83.2 Å². The van der Waals surface area contributed by atoms with Crippen molar-refractivity contribution >= 4 is 16.6 Å². The third kappa shape index (κ3) is 2.40. The third-order valence-electron chi connectivity index (χ3n) is 3.27. The molecule has 0 saturated heterocycles. The van der Waals surface area contributed by atoms with E-state index >= 15 is 0 Å². The molecule has 0 fully saturated rings. The second-order valence-electron chi connectivity index (χ2n) is 4.64. The zero-order chi connectivity index (χ0) is 15.0. The number of hydrogen-bond acceptors (Lipinski definition) is 1. The third-order valence-corrected chi connectivity index (χ3v) is 3.27. The SMILES string of the molecule is O=C(c1ccc2ccccc2c1)c1cc(F)c(F)cc1F. The first kappa shape index (κ1) is 13.4. The summed E-state index contributed by atoms with van der Waals surface area (Å²) in [6.45, 7) is 0. The molecule has 1 nitrogen and oxygen atoms in total. The van der Waals surface area contributed by atoms with Crippen LogP contribution in [0.3, 0.4) is 0 Å². The smallest absolute Gasteiger partial charge is 0.196 e. The highest BCUT2D eigenvalue weighted by molar-refractivity contribution is 6.10. The molecule has 0 amide bonds. The number of carbonyl (C=O) groups excluding carboxylic acids is 1. The first-order chi connectivity index (χ1) is 10.1. The van der Waals surface area contributed by atoms with Gasteiger partial charge in [-0.3, -0.25) is 4.79 Å². The molecular weight excluding hydrogens is 277 g/mol. The summed E-state index contributed by atoms with van der Waals surface area (Å²) >= 11 is 0. The van der Waals surface area contributed by atoms with E-state index in [0.717, 1.165) is 10.8 Å². The highest BCUT2D eigenvalue weighted by Gasteiger charge is 2.18. The fraction of sp³-hybridized carbons (Fsp3) is 0. The molecular formula is C17H9F3O. The molecule has 0 aliphatic rings. The van der Waals surface area contributed by atoms with Crippen molar-refractivity contribution in [2.24, 2.45) is 0 Å². The zero-order valence-corrected chi connectivity index (χ0v) is 10.7. The van der Waals surface area contributed by atoms with Crippen molar-refractivity contribution in [1.29, 1.82) is 0 Å². The molecule has 0 N–H and O–H groups in total. The largest absolute Gasteiger partial charge is 0.288 e. The van der Waals surface area contributed by atoms with E-state index in [2.05, 4.69) is 0 Å². The molecule has 3 aromatic carbocycles. The first-order valence-electron chi connectivity index (χ1n) is 6.24. The molecule has 0 saturated carbocycles. The van der Waals surface area contributed by atoms with Crippen LogP contribution >= 0.6 is 0 Å². The second-order valence-corrected chi connectivity index (χ2v) is 4.64. The number of rotatable bonds is 2. The Balaban J connectivity index is 2.10. The monoisotopic (exact) mass is 286 g/mol. The average Bonchev–Trinajstić information content (AvgIpc) is 2.50. The molecule has 0 radical (unpaired) electrons. The summed E-state index contributed by atoms with van der Waals surface area (Å²) in [5.74, 6) is -4.33. The van der Waals surface area contributed by atoms with Gasteiger partial charge in [0.1, 0.15) is 5.82 Å². The maximum atomic E-state index is 13.7. The molecule has 4 heteroatoms. The normalized spacial score (nSPS) is 10.8. The molecule has 0 aliphatic carbocycles. The molecule has 0 bridgehead atoms. The van der Waals surface area contributed by atoms with Crippen molar-refractivity contribution in [3.63, 3.8) is 0 Å². The standard InChI is InChI=1S/C17H9F3O/c18-14-9-16(20)15(19)8-13(14)17(21)12-6-5-10-3-1-2-4-11(10)7-12/h1-9H. The maximum absolute atomic E-state index is 13.7. The molecule has 0 heterocycles. The van der Waals surface area contributed by atoms with E-state index in [4.69, 9.17) is 0 Å². The lowest BCUT2D eigenvalue weighted by Gasteiger charge is -2.05. The van der Waals surface area contributed by atoms with Gasteiger partial charge in [0.25, 0.3) is 0 Å². The van der Waals surface area contributed by atoms with Crippen molar-refractivity contribution < 1.29 is 18.0 Å². The van der Waals surface area contributed by atoms with Gasteiger partial charge in [-0.05, 0) is 22.9 Å². The molecule has 0 unspecified atom stereocenters. The fourth-order valence-corrected chi connectivity index (χ4v) is 2.18. The summed E-state index contributed by atoms with van der Waals surface area (Å²) in [7, 11) is 0. The van der Waals surface area contributed by atoms with Crippen LogP contribution in [-0.4, -0.2) is 5.78 Å². The van der Waals surface area contributed by atoms with Crippen molar-refractivity contribution in [2.75, 3.05) is 0 Å². The van der Waals surface area contributed by atoms with Crippen LogP contribution in [0.2, 0.25) is 0 Å². The van der Waals surface area contributed by atoms with Crippen LogP contribution in [0.1, 0.15) is 15.9 Å². The van der Waals surface area contributed by atoms with Crippen LogP contribution in [0.15, 0.2) is 54.6 Å². The van der Waals surface area contributed by atoms with E-state index < -0.39 is 28.8 Å². The lowest BCUT2D eigenvalue weighted by atomic mass is 9.99. The molecule has 104 valence electrons. The predicted molar refractivity (Wildman–Crippen MR) is 73.7 cm³/mol. The predicted octanol–water partition coefficient (Wildman–Crippen LogP) is 4.49. The zero-order valence-electron chi connectivity index (χ0n) is 10.7. The van der Waals surface area contributed by atoms with Crippen LogP contribution in [0.25, 0.3) is 10.8 Å². The minimum atomic E-state index is -1.32. The summed E-state index contributed by atoms with van der Waals surface area (Å²) < 4.78 is 39.8. The lowest BCUT2D eigenvalue weighted by molar-refractivity contribution is 0.103. The topological polar surface area (TPSA) is 17.1 Å². The van der Waals surface area contributed by atoms with E-state index in [9.17, 15) is 18.0 Å². The van der Waals surface area contributed by atoms with E-state index in [1.807, 2.05) is 24.3 Å². The number of halogens is 3. The molecule has 3 aromatic rings. The first-order valence-corrected chi connectivity index (χ1v) is 6.24. The summed E-state index contributed by atoms with van der Waals surface area (Å²) in [5, 5.41) is 1.74. The van der Waals surface area contributed by atoms with Gasteiger partial charge in [-0.1, -0.05) is 36.4 Å². The van der Waals surface area contributed by atoms with Gasteiger partial charge >= 0.3 is 0 Å². The molecule has 0 aromatic heterocycles. The van der Waals surface area contributed by atoms with Crippen LogP contribution in [0.4, 0.5) is 13.2 Å². The second kappa shape index (κ2) is 5.05. The maximum Gasteiger partial charge on any atom is 0.196 e. The van der Waals surface area contributed by atoms with Gasteiger partial charge in [0.05, 0.1) is 5.56 Å². The Bertz CT molecular complexity index is 856. The highest BCUT2D eigenvalue weighted by Crippen LogP contribution is 2.21. The minimum absolute atomic E-state index is 0.221. The quantitative estimate of drug-likeness (QED) is 0.501. The number of hydrogen-bond donors (Lipinski definition) is 0. The fourth-order valence-electron chi connectivity index (χ4n) is 2.18. The van der Waals surface area contributed by atoms with E-state index in [-0.39, 0.29) is 5.56 Å². The minimum Gasteiger partial charge on any atom is -0.288 e. The van der Waals surface area contributed by atoms with Crippen molar-refractivity contribution in [2.45, 2.75) is 0 Å². The molecule has 3 rings (SSSR count). The van der Waals surface area contributed by atoms with Crippen molar-refractivity contribution in [3.8, 4) is 0 Å². The Labute approximate surface area is 118 Å². The van der Waals surface area contributed by atoms with E-state index in [0.29, 0.717) is 12.1 Å². The summed E-state index contributed by atoms with van der Waals surface area (Å²) in [6, 6.07) is 13.2. The lowest BCUT2D eigenvalue weighted by Crippen LogP contribution is -2.06. The Morgan fingerprint density at radius 1 is 0.714 bits per heavy atom. The van der Waals surface area contributed by atoms with Gasteiger partial charge in [0.15, 0.2) is 17.4 Å². The average molecular weight is 286 g/mol. The molecule has 0 spiro atoms. The van der Waals surface area contributed by atoms with Gasteiger partial charge in [-0.2, -0.15) is 0 Å². The van der Waals surface area contributed by atoms with Gasteiger partial charge in [-0.25, -0.2) is 13.2 Å². The Morgan fingerprint density at radius 2 is 1.38 bits per heavy atom. The molecule has 0 atom stereocenters. The van der Waals surface area contributed by atoms with Gasteiger partial charge in [0.2, 0.25) is 0 Å². The molecule has 21 heavy (non-hydrogen) atoms. The van der Waals surface area contributed by atoms with Crippen molar-refractivity contribution in [1.82, 2.24) is 0 Å². The summed E-state index contributed by atoms with van der Waals surface area (Å²) in [6.07, 6.45) is 0. The van der Waals surface area contributed by atoms with Gasteiger partial charge in [-0.15, -0.1) is 0 Å². The summed E-state index contributed by atoms with van der Waals surface area (Å²) in [5.41, 5.74) is -0.261. The van der Waals surface area contributed by atoms with Gasteiger partial charge in [0, 0.05) is 11.6 Å². The van der Waals surface area contributed by atoms with Crippen LogP contribution in [-0.2, 0) is 0 Å². The van der Waals surface area contributed by atoms with Crippen LogP contribution in [0.5, 0.6) is 0 Å². The van der Waals surface area contributed by atoms with E-state index in [1.165, 1.54) is 6.07 Å². The number of carbonyl (C=O) groups is 1. The number of ketones is 1. The number of fused-ring (bicyclic) bond motifs is 1. The number of benzene rings is 3. The molecule has 0 aliphatic heterocycles. The Kier molecular flexibility index (Phi) is 3.22. The van der Waals surface area contributed by atoms with Crippen LogP contribution < -0.4 is 0 Å². The Hall–Kier alpha value is -2.62.